The van der Waals surface area contributed by atoms with Gasteiger partial charge >= 0.3 is 0 Å². The Morgan fingerprint density at radius 3 is 2.73 bits per heavy atom. The normalized spacial score (nSPS) is 12.2. The molecule has 0 fully saturated rings. The van der Waals surface area contributed by atoms with Crippen LogP contribution in [0.2, 0.25) is 0 Å². The first-order chi connectivity index (χ1) is 14.8. The number of nitrogens with zero attached hydrogens (tertiary/aromatic N) is 4. The highest BCUT2D eigenvalue weighted by molar-refractivity contribution is 9.10. The number of fused-ring (bicyclic) bond motifs is 1. The Kier molecular flexibility index (Phi) is 5.13. The first kappa shape index (κ1) is 18.7. The lowest BCUT2D eigenvalue weighted by atomic mass is 10.2. The standard InChI is InChI=1S/C23H15BrN4OS/c24-19-9-3-1-7-17(19)13-26-28-20(22-12-16-6-2-4-10-21(16)29-22)15-30-23(28)27-18-8-5-11-25-14-18/h1-15H. The van der Waals surface area contributed by atoms with Crippen molar-refractivity contribution in [3.8, 4) is 11.5 Å². The highest BCUT2D eigenvalue weighted by Gasteiger charge is 2.13. The SMILES string of the molecule is Brc1ccccc1C=Nn1c(-c2cc3ccccc3o2)csc1=Nc1cccnc1. The van der Waals surface area contributed by atoms with Crippen molar-refractivity contribution in [3.05, 3.63) is 99.3 Å². The van der Waals surface area contributed by atoms with E-state index < -0.39 is 0 Å². The van der Waals surface area contributed by atoms with Crippen molar-refractivity contribution >= 4 is 50.1 Å². The van der Waals surface area contributed by atoms with Crippen molar-refractivity contribution in [2.45, 2.75) is 0 Å². The zero-order valence-corrected chi connectivity index (χ0v) is 18.0. The quantitative estimate of drug-likeness (QED) is 0.289. The molecule has 146 valence electrons. The predicted octanol–water partition coefficient (Wildman–Crippen LogP) is 6.23. The van der Waals surface area contributed by atoms with Gasteiger partial charge in [-0.25, -0.2) is 9.67 Å². The van der Waals surface area contributed by atoms with Crippen molar-refractivity contribution in [2.75, 3.05) is 0 Å². The van der Waals surface area contributed by atoms with E-state index in [0.717, 1.165) is 42.9 Å². The average molecular weight is 475 g/mol. The van der Waals surface area contributed by atoms with E-state index in [1.54, 1.807) is 17.1 Å². The van der Waals surface area contributed by atoms with Gasteiger partial charge in [0.2, 0.25) is 4.80 Å². The Labute approximate surface area is 184 Å². The molecule has 2 aromatic carbocycles. The molecule has 0 unspecified atom stereocenters. The molecule has 5 nitrogen and oxygen atoms in total. The molecule has 0 aliphatic carbocycles. The van der Waals surface area contributed by atoms with Crippen molar-refractivity contribution in [1.29, 1.82) is 0 Å². The fourth-order valence-corrected chi connectivity index (χ4v) is 4.22. The van der Waals surface area contributed by atoms with E-state index in [1.807, 2.05) is 78.3 Å². The van der Waals surface area contributed by atoms with Crippen LogP contribution in [-0.2, 0) is 0 Å². The summed E-state index contributed by atoms with van der Waals surface area (Å²) in [4.78, 5) is 9.60. The number of halogens is 1. The Morgan fingerprint density at radius 1 is 1.03 bits per heavy atom. The van der Waals surface area contributed by atoms with Crippen molar-refractivity contribution < 1.29 is 4.42 Å². The predicted molar refractivity (Wildman–Crippen MR) is 124 cm³/mol. The first-order valence-electron chi connectivity index (χ1n) is 9.21. The number of para-hydroxylation sites is 1. The van der Waals surface area contributed by atoms with E-state index in [4.69, 9.17) is 14.5 Å². The molecule has 0 spiro atoms. The molecule has 0 aliphatic heterocycles. The Balaban J connectivity index is 1.67. The molecule has 0 saturated carbocycles. The van der Waals surface area contributed by atoms with Crippen LogP contribution in [0.1, 0.15) is 5.56 Å². The van der Waals surface area contributed by atoms with Gasteiger partial charge in [-0.05, 0) is 30.3 Å². The van der Waals surface area contributed by atoms with Gasteiger partial charge in [0.05, 0.1) is 18.1 Å². The number of benzene rings is 2. The summed E-state index contributed by atoms with van der Waals surface area (Å²) in [5, 5.41) is 7.79. The molecule has 0 saturated heterocycles. The fraction of sp³-hybridized carbons (Fsp3) is 0. The second-order valence-corrected chi connectivity index (χ2v) is 8.14. The number of pyridine rings is 1. The maximum atomic E-state index is 6.08. The highest BCUT2D eigenvalue weighted by Crippen LogP contribution is 2.28. The molecule has 0 amide bonds. The maximum absolute atomic E-state index is 6.08. The summed E-state index contributed by atoms with van der Waals surface area (Å²) in [6, 6.07) is 21.7. The van der Waals surface area contributed by atoms with Gasteiger partial charge in [0.15, 0.2) is 5.76 Å². The van der Waals surface area contributed by atoms with Crippen LogP contribution in [0.4, 0.5) is 5.69 Å². The van der Waals surface area contributed by atoms with Crippen LogP contribution in [0.3, 0.4) is 0 Å². The van der Waals surface area contributed by atoms with E-state index in [9.17, 15) is 0 Å². The number of rotatable bonds is 4. The highest BCUT2D eigenvalue weighted by atomic mass is 79.9. The molecule has 0 atom stereocenters. The topological polar surface area (TPSA) is 55.7 Å². The molecule has 0 radical (unpaired) electrons. The summed E-state index contributed by atoms with van der Waals surface area (Å²) >= 11 is 5.07. The maximum Gasteiger partial charge on any atom is 0.211 e. The smallest absolute Gasteiger partial charge is 0.211 e. The molecule has 7 heteroatoms. The zero-order chi connectivity index (χ0) is 20.3. The molecule has 5 aromatic rings. The van der Waals surface area contributed by atoms with E-state index in [0.29, 0.717) is 0 Å². The number of hydrogen-bond donors (Lipinski definition) is 0. The van der Waals surface area contributed by atoms with Gasteiger partial charge in [-0.2, -0.15) is 5.10 Å². The number of hydrogen-bond acceptors (Lipinski definition) is 5. The first-order valence-corrected chi connectivity index (χ1v) is 10.9. The summed E-state index contributed by atoms with van der Waals surface area (Å²) in [5.41, 5.74) is 3.41. The Hall–Kier alpha value is -3.29. The number of aromatic nitrogens is 2. The van der Waals surface area contributed by atoms with Crippen LogP contribution in [0, 0.1) is 0 Å². The molecule has 0 N–H and O–H groups in total. The molecule has 0 bridgehead atoms. The second kappa shape index (κ2) is 8.22. The van der Waals surface area contributed by atoms with Gasteiger partial charge in [-0.1, -0.05) is 52.3 Å². The molecular weight excluding hydrogens is 460 g/mol. The minimum absolute atomic E-state index is 0.724. The van der Waals surface area contributed by atoms with E-state index in [2.05, 4.69) is 20.9 Å². The number of furan rings is 1. The lowest BCUT2D eigenvalue weighted by Crippen LogP contribution is -2.11. The Bertz CT molecular complexity index is 1380. The van der Waals surface area contributed by atoms with Crippen LogP contribution in [-0.4, -0.2) is 15.9 Å². The third-order valence-electron chi connectivity index (χ3n) is 4.45. The van der Waals surface area contributed by atoms with Crippen molar-refractivity contribution in [1.82, 2.24) is 9.66 Å². The molecule has 30 heavy (non-hydrogen) atoms. The van der Waals surface area contributed by atoms with Crippen LogP contribution >= 0.6 is 27.3 Å². The molecule has 3 heterocycles. The summed E-state index contributed by atoms with van der Waals surface area (Å²) in [5.74, 6) is 0.740. The van der Waals surface area contributed by atoms with Crippen LogP contribution in [0.5, 0.6) is 0 Å². The van der Waals surface area contributed by atoms with Gasteiger partial charge in [0.1, 0.15) is 11.3 Å². The average Bonchev–Trinajstić information content (AvgIpc) is 3.38. The minimum atomic E-state index is 0.724. The second-order valence-electron chi connectivity index (χ2n) is 6.45. The van der Waals surface area contributed by atoms with Gasteiger partial charge in [0.25, 0.3) is 0 Å². The fourth-order valence-electron chi connectivity index (χ4n) is 3.00. The lowest BCUT2D eigenvalue weighted by Gasteiger charge is -2.01. The van der Waals surface area contributed by atoms with E-state index in [-0.39, 0.29) is 0 Å². The Morgan fingerprint density at radius 2 is 1.90 bits per heavy atom. The van der Waals surface area contributed by atoms with E-state index >= 15 is 0 Å². The molecule has 5 rings (SSSR count). The van der Waals surface area contributed by atoms with Crippen molar-refractivity contribution in [2.24, 2.45) is 10.1 Å². The van der Waals surface area contributed by atoms with E-state index in [1.165, 1.54) is 11.3 Å². The monoisotopic (exact) mass is 474 g/mol. The molecule has 3 aromatic heterocycles. The third-order valence-corrected chi connectivity index (χ3v) is 5.99. The summed E-state index contributed by atoms with van der Waals surface area (Å²) in [7, 11) is 0. The van der Waals surface area contributed by atoms with Crippen LogP contribution < -0.4 is 4.80 Å². The largest absolute Gasteiger partial charge is 0.454 e. The zero-order valence-electron chi connectivity index (χ0n) is 15.6. The summed E-state index contributed by atoms with van der Waals surface area (Å²) in [6.07, 6.45) is 5.26. The van der Waals surface area contributed by atoms with Gasteiger partial charge in [-0.3, -0.25) is 4.98 Å². The third kappa shape index (κ3) is 3.77. The minimum Gasteiger partial charge on any atom is -0.454 e. The van der Waals surface area contributed by atoms with Crippen molar-refractivity contribution in [3.63, 3.8) is 0 Å². The van der Waals surface area contributed by atoms with Crippen LogP contribution in [0.25, 0.3) is 22.4 Å². The van der Waals surface area contributed by atoms with Gasteiger partial charge in [0, 0.05) is 27.0 Å². The molecular formula is C23H15BrN4OS. The van der Waals surface area contributed by atoms with Gasteiger partial charge < -0.3 is 4.42 Å². The summed E-state index contributed by atoms with van der Waals surface area (Å²) < 4.78 is 8.86. The molecule has 0 aliphatic rings. The van der Waals surface area contributed by atoms with Crippen LogP contribution in [0.15, 0.2) is 103 Å². The number of thiazole rings is 1. The summed E-state index contributed by atoms with van der Waals surface area (Å²) in [6.45, 7) is 0. The lowest BCUT2D eigenvalue weighted by molar-refractivity contribution is 0.622. The van der Waals surface area contributed by atoms with Gasteiger partial charge in [-0.15, -0.1) is 11.3 Å².